The first-order valence-electron chi connectivity index (χ1n) is 8.39. The van der Waals surface area contributed by atoms with Gasteiger partial charge in [0.25, 0.3) is 0 Å². The van der Waals surface area contributed by atoms with Gasteiger partial charge in [0.05, 0.1) is 13.2 Å². The summed E-state index contributed by atoms with van der Waals surface area (Å²) < 4.78 is 9.90. The maximum absolute atomic E-state index is 12.3. The van der Waals surface area contributed by atoms with Crippen LogP contribution in [-0.4, -0.2) is 60.3 Å². The lowest BCUT2D eigenvalue weighted by Crippen LogP contribution is -2.47. The number of allylic oxidation sites excluding steroid dienone is 1. The molecule has 0 saturated carbocycles. The molecule has 0 aliphatic carbocycles. The molecule has 0 aromatic carbocycles. The van der Waals surface area contributed by atoms with E-state index in [0.717, 1.165) is 0 Å². The summed E-state index contributed by atoms with van der Waals surface area (Å²) in [6.07, 6.45) is 2.43. The number of oxime groups is 1. The first-order chi connectivity index (χ1) is 12.1. The minimum atomic E-state index is -0.693. The SMILES string of the molecule is CC=C(ON=C(N)C(CCCCO)N(C)C(=O)OC(C)(C)C)C(=O)OC. The molecule has 0 bridgehead atoms. The topological polar surface area (TPSA) is 124 Å². The summed E-state index contributed by atoms with van der Waals surface area (Å²) in [5.41, 5.74) is 5.32. The summed E-state index contributed by atoms with van der Waals surface area (Å²) in [5, 5.41) is 12.7. The second kappa shape index (κ2) is 11.3. The smallest absolute Gasteiger partial charge is 0.410 e. The van der Waals surface area contributed by atoms with Crippen molar-refractivity contribution in [2.24, 2.45) is 10.9 Å². The van der Waals surface area contributed by atoms with Gasteiger partial charge in [-0.1, -0.05) is 5.16 Å². The van der Waals surface area contributed by atoms with Crippen molar-refractivity contribution in [3.05, 3.63) is 11.8 Å². The fraction of sp³-hybridized carbons (Fsp3) is 0.706. The normalized spacial score (nSPS) is 13.8. The molecule has 0 aromatic rings. The van der Waals surface area contributed by atoms with E-state index < -0.39 is 23.7 Å². The van der Waals surface area contributed by atoms with E-state index in [-0.39, 0.29) is 18.2 Å². The Morgan fingerprint density at radius 2 is 1.92 bits per heavy atom. The lowest BCUT2D eigenvalue weighted by molar-refractivity contribution is -0.140. The highest BCUT2D eigenvalue weighted by atomic mass is 16.7. The standard InChI is InChI=1S/C17H31N3O6/c1-7-13(15(22)24-6)26-19-14(18)12(10-8-9-11-21)20(5)16(23)25-17(2,3)4/h7,12,21H,8-11H2,1-6H3,(H2,18,19). The van der Waals surface area contributed by atoms with E-state index in [9.17, 15) is 9.59 Å². The molecule has 1 unspecified atom stereocenters. The average molecular weight is 373 g/mol. The number of nitrogens with zero attached hydrogens (tertiary/aromatic N) is 2. The quantitative estimate of drug-likeness (QED) is 0.120. The number of esters is 1. The number of carbonyl (C=O) groups is 2. The summed E-state index contributed by atoms with van der Waals surface area (Å²) in [6, 6.07) is -0.618. The van der Waals surface area contributed by atoms with Crippen LogP contribution in [-0.2, 0) is 19.1 Å². The minimum Gasteiger partial charge on any atom is -0.463 e. The van der Waals surface area contributed by atoms with Crippen molar-refractivity contribution in [1.29, 1.82) is 0 Å². The molecule has 0 aliphatic rings. The van der Waals surface area contributed by atoms with Crippen LogP contribution in [0.2, 0.25) is 0 Å². The monoisotopic (exact) mass is 373 g/mol. The number of rotatable bonds is 9. The van der Waals surface area contributed by atoms with Gasteiger partial charge in [-0.25, -0.2) is 9.59 Å². The predicted octanol–water partition coefficient (Wildman–Crippen LogP) is 1.75. The summed E-state index contributed by atoms with van der Waals surface area (Å²) in [7, 11) is 2.76. The second-order valence-corrected chi connectivity index (χ2v) is 6.58. The number of ether oxygens (including phenoxy) is 2. The number of likely N-dealkylation sites (N-methyl/N-ethyl adjacent to an activating group) is 1. The number of hydrogen-bond donors (Lipinski definition) is 2. The third-order valence-corrected chi connectivity index (χ3v) is 3.27. The largest absolute Gasteiger partial charge is 0.463 e. The average Bonchev–Trinajstić information content (AvgIpc) is 2.56. The van der Waals surface area contributed by atoms with E-state index in [1.807, 2.05) is 0 Å². The first-order valence-corrected chi connectivity index (χ1v) is 8.39. The number of hydrogen-bond acceptors (Lipinski definition) is 7. The van der Waals surface area contributed by atoms with Crippen LogP contribution in [0.3, 0.4) is 0 Å². The van der Waals surface area contributed by atoms with Crippen LogP contribution in [0.25, 0.3) is 0 Å². The number of unbranched alkanes of at least 4 members (excludes halogenated alkanes) is 1. The van der Waals surface area contributed by atoms with Gasteiger partial charge in [-0.3, -0.25) is 0 Å². The van der Waals surface area contributed by atoms with E-state index in [4.69, 9.17) is 20.4 Å². The van der Waals surface area contributed by atoms with Gasteiger partial charge in [0.1, 0.15) is 5.60 Å². The fourth-order valence-electron chi connectivity index (χ4n) is 1.92. The number of aliphatic hydroxyl groups is 1. The highest BCUT2D eigenvalue weighted by Gasteiger charge is 2.28. The highest BCUT2D eigenvalue weighted by molar-refractivity contribution is 5.89. The Balaban J connectivity index is 5.29. The Morgan fingerprint density at radius 1 is 1.31 bits per heavy atom. The Hall–Kier alpha value is -2.29. The van der Waals surface area contributed by atoms with Crippen molar-refractivity contribution in [3.8, 4) is 0 Å². The van der Waals surface area contributed by atoms with Crippen LogP contribution >= 0.6 is 0 Å². The summed E-state index contributed by atoms with van der Waals surface area (Å²) in [5.74, 6) is -0.814. The molecule has 3 N–H and O–H groups in total. The molecule has 1 atom stereocenters. The first kappa shape index (κ1) is 23.7. The van der Waals surface area contributed by atoms with Gasteiger partial charge < -0.3 is 30.1 Å². The van der Waals surface area contributed by atoms with Crippen molar-refractivity contribution in [3.63, 3.8) is 0 Å². The molecular weight excluding hydrogens is 342 g/mol. The molecule has 150 valence electrons. The van der Waals surface area contributed by atoms with Gasteiger partial charge in [0.2, 0.25) is 5.76 Å². The number of aliphatic hydroxyl groups excluding tert-OH is 1. The molecule has 0 spiro atoms. The Labute approximate surface area is 154 Å². The maximum atomic E-state index is 12.3. The molecule has 0 saturated heterocycles. The van der Waals surface area contributed by atoms with Gasteiger partial charge >= 0.3 is 12.1 Å². The third kappa shape index (κ3) is 8.70. The lowest BCUT2D eigenvalue weighted by atomic mass is 10.1. The lowest BCUT2D eigenvalue weighted by Gasteiger charge is -2.30. The second-order valence-electron chi connectivity index (χ2n) is 6.58. The van der Waals surface area contributed by atoms with Crippen molar-refractivity contribution < 1.29 is 29.0 Å². The molecule has 0 aromatic heterocycles. The fourth-order valence-corrected chi connectivity index (χ4v) is 1.92. The summed E-state index contributed by atoms with van der Waals surface area (Å²) in [6.45, 7) is 6.89. The van der Waals surface area contributed by atoms with Crippen LogP contribution in [0.1, 0.15) is 47.0 Å². The van der Waals surface area contributed by atoms with Crippen molar-refractivity contribution >= 4 is 17.9 Å². The molecule has 9 heteroatoms. The van der Waals surface area contributed by atoms with E-state index in [0.29, 0.717) is 19.3 Å². The zero-order valence-electron chi connectivity index (χ0n) is 16.4. The van der Waals surface area contributed by atoms with E-state index in [2.05, 4.69) is 9.89 Å². The zero-order valence-corrected chi connectivity index (χ0v) is 16.4. The minimum absolute atomic E-state index is 0.000415. The predicted molar refractivity (Wildman–Crippen MR) is 97.2 cm³/mol. The number of carbonyl (C=O) groups excluding carboxylic acids is 2. The van der Waals surface area contributed by atoms with E-state index in [1.165, 1.54) is 25.1 Å². The highest BCUT2D eigenvalue weighted by Crippen LogP contribution is 2.14. The Kier molecular flexibility index (Phi) is 10.3. The molecule has 0 radical (unpaired) electrons. The number of amides is 1. The van der Waals surface area contributed by atoms with Gasteiger partial charge in [-0.15, -0.1) is 0 Å². The van der Waals surface area contributed by atoms with Crippen LogP contribution in [0.15, 0.2) is 17.0 Å². The van der Waals surface area contributed by atoms with Crippen LogP contribution in [0.4, 0.5) is 4.79 Å². The zero-order chi connectivity index (χ0) is 20.3. The van der Waals surface area contributed by atoms with Gasteiger partial charge in [0, 0.05) is 13.7 Å². The maximum Gasteiger partial charge on any atom is 0.410 e. The van der Waals surface area contributed by atoms with E-state index in [1.54, 1.807) is 27.7 Å². The molecule has 0 fully saturated rings. The van der Waals surface area contributed by atoms with Crippen LogP contribution in [0, 0.1) is 0 Å². The molecular formula is C17H31N3O6. The Bertz CT molecular complexity index is 525. The molecule has 1 amide bonds. The number of nitrogens with two attached hydrogens (primary N) is 1. The number of methoxy groups -OCH3 is 1. The number of amidine groups is 1. The van der Waals surface area contributed by atoms with Crippen molar-refractivity contribution in [1.82, 2.24) is 4.90 Å². The molecule has 0 aliphatic heterocycles. The molecule has 9 nitrogen and oxygen atoms in total. The van der Waals surface area contributed by atoms with Gasteiger partial charge in [0.15, 0.2) is 5.84 Å². The van der Waals surface area contributed by atoms with Crippen molar-refractivity contribution in [2.75, 3.05) is 20.8 Å². The van der Waals surface area contributed by atoms with Crippen LogP contribution in [0.5, 0.6) is 0 Å². The van der Waals surface area contributed by atoms with E-state index >= 15 is 0 Å². The molecule has 26 heavy (non-hydrogen) atoms. The summed E-state index contributed by atoms with van der Waals surface area (Å²) >= 11 is 0. The molecule has 0 rings (SSSR count). The van der Waals surface area contributed by atoms with Gasteiger partial charge in [-0.2, -0.15) is 0 Å². The van der Waals surface area contributed by atoms with Gasteiger partial charge in [-0.05, 0) is 53.0 Å². The molecule has 0 heterocycles. The third-order valence-electron chi connectivity index (χ3n) is 3.27. The van der Waals surface area contributed by atoms with Crippen molar-refractivity contribution in [2.45, 2.75) is 58.6 Å². The summed E-state index contributed by atoms with van der Waals surface area (Å²) in [4.78, 5) is 30.2. The Morgan fingerprint density at radius 3 is 2.38 bits per heavy atom. The van der Waals surface area contributed by atoms with Crippen LogP contribution < -0.4 is 5.73 Å².